The van der Waals surface area contributed by atoms with Crippen LogP contribution in [0.15, 0.2) is 48.5 Å². The van der Waals surface area contributed by atoms with Gasteiger partial charge in [-0.15, -0.1) is 0 Å². The number of hydrogen-bond donors (Lipinski definition) is 0. The van der Waals surface area contributed by atoms with Crippen molar-refractivity contribution in [3.05, 3.63) is 59.7 Å². The third-order valence-electron chi connectivity index (χ3n) is 5.33. The fourth-order valence-corrected chi connectivity index (χ4v) is 3.61. The molecular weight excluding hydrogens is 422 g/mol. The van der Waals surface area contributed by atoms with E-state index in [1.807, 2.05) is 12.1 Å². The summed E-state index contributed by atoms with van der Waals surface area (Å²) in [6.45, 7) is 6.82. The first-order valence-electron chi connectivity index (χ1n) is 11.0. The van der Waals surface area contributed by atoms with E-state index in [9.17, 15) is 19.2 Å². The number of rotatable bonds is 6. The molecule has 1 aliphatic rings. The lowest BCUT2D eigenvalue weighted by Gasteiger charge is -2.27. The van der Waals surface area contributed by atoms with E-state index in [1.165, 1.54) is 11.8 Å². The largest absolute Gasteiger partial charge is 0.456 e. The molecule has 1 aliphatic heterocycles. The molecule has 0 saturated carbocycles. The maximum absolute atomic E-state index is 12.5. The van der Waals surface area contributed by atoms with Crippen molar-refractivity contribution in [2.24, 2.45) is 0 Å². The topological polar surface area (TPSA) is 90.0 Å². The van der Waals surface area contributed by atoms with Crippen LogP contribution in [-0.2, 0) is 14.3 Å². The summed E-state index contributed by atoms with van der Waals surface area (Å²) in [5.41, 5.74) is 2.22. The van der Waals surface area contributed by atoms with Crippen molar-refractivity contribution in [1.29, 1.82) is 0 Å². The van der Waals surface area contributed by atoms with Crippen LogP contribution in [-0.4, -0.2) is 53.3 Å². The van der Waals surface area contributed by atoms with E-state index in [0.29, 0.717) is 30.5 Å². The average Bonchev–Trinajstić information content (AvgIpc) is 3.27. The van der Waals surface area contributed by atoms with Crippen LogP contribution >= 0.6 is 0 Å². The predicted molar refractivity (Wildman–Crippen MR) is 123 cm³/mol. The molecule has 33 heavy (non-hydrogen) atoms. The van der Waals surface area contributed by atoms with Crippen LogP contribution in [0.5, 0.6) is 0 Å². The van der Waals surface area contributed by atoms with Crippen LogP contribution in [0.1, 0.15) is 61.3 Å². The lowest BCUT2D eigenvalue weighted by atomic mass is 10.0. The maximum atomic E-state index is 12.5. The Labute approximate surface area is 193 Å². The highest BCUT2D eigenvalue weighted by Crippen LogP contribution is 2.23. The number of hydrogen-bond acceptors (Lipinski definition) is 6. The Morgan fingerprint density at radius 3 is 1.97 bits per heavy atom. The number of nitrogens with zero attached hydrogens (tertiary/aromatic N) is 1. The number of likely N-dealkylation sites (tertiary alicyclic amines) is 1. The van der Waals surface area contributed by atoms with Crippen LogP contribution in [0.3, 0.4) is 0 Å². The minimum Gasteiger partial charge on any atom is -0.456 e. The number of amides is 1. The molecule has 0 bridgehead atoms. The summed E-state index contributed by atoms with van der Waals surface area (Å²) in [4.78, 5) is 50.2. The molecule has 174 valence electrons. The van der Waals surface area contributed by atoms with Crippen LogP contribution in [0, 0.1) is 0 Å². The fourth-order valence-electron chi connectivity index (χ4n) is 3.61. The van der Waals surface area contributed by atoms with Gasteiger partial charge in [0, 0.05) is 17.7 Å². The number of carbonyl (C=O) groups excluding carboxylic acids is 4. The molecular formula is C26H29NO6. The normalized spacial score (nSPS) is 15.8. The van der Waals surface area contributed by atoms with Gasteiger partial charge in [0.25, 0.3) is 0 Å². The Balaban J connectivity index is 1.57. The maximum Gasteiger partial charge on any atom is 0.411 e. The zero-order valence-electron chi connectivity index (χ0n) is 19.4. The highest BCUT2D eigenvalue weighted by molar-refractivity contribution is 5.99. The highest BCUT2D eigenvalue weighted by Gasteiger charge is 2.37. The van der Waals surface area contributed by atoms with Gasteiger partial charge in [-0.25, -0.2) is 9.59 Å². The quantitative estimate of drug-likeness (QED) is 0.468. The van der Waals surface area contributed by atoms with Crippen molar-refractivity contribution >= 4 is 23.6 Å². The summed E-state index contributed by atoms with van der Waals surface area (Å²) in [6, 6.07) is 13.5. The van der Waals surface area contributed by atoms with Gasteiger partial charge in [0.1, 0.15) is 11.6 Å². The second kappa shape index (κ2) is 9.98. The third-order valence-corrected chi connectivity index (χ3v) is 5.33. The molecule has 2 aromatic rings. The first kappa shape index (κ1) is 24.2. The SMILES string of the molecule is CC(=O)c1ccc(-c2ccc(C(=O)COC(=O)C3CCCN3C(=O)OC(C)(C)C)cc2)cc1. The standard InChI is InChI=1S/C26H29NO6/c1-17(28)18-7-9-19(10-8-18)20-11-13-21(14-12-20)23(29)16-32-24(30)22-6-5-15-27(22)25(31)33-26(2,3)4/h7-14,22H,5-6,15-16H2,1-4H3. The lowest BCUT2D eigenvalue weighted by molar-refractivity contribution is -0.147. The van der Waals surface area contributed by atoms with Crippen molar-refractivity contribution < 1.29 is 28.7 Å². The molecule has 0 aliphatic carbocycles. The first-order chi connectivity index (χ1) is 15.5. The molecule has 0 radical (unpaired) electrons. The van der Waals surface area contributed by atoms with Crippen molar-refractivity contribution in [1.82, 2.24) is 4.90 Å². The van der Waals surface area contributed by atoms with Crippen LogP contribution in [0.25, 0.3) is 11.1 Å². The van der Waals surface area contributed by atoms with Gasteiger partial charge in [0.2, 0.25) is 0 Å². The van der Waals surface area contributed by atoms with E-state index < -0.39 is 30.3 Å². The molecule has 2 aromatic carbocycles. The minimum absolute atomic E-state index is 0.00357. The number of carbonyl (C=O) groups is 4. The summed E-state index contributed by atoms with van der Waals surface area (Å²) in [5.74, 6) is -0.929. The molecule has 1 amide bonds. The number of ketones is 2. The minimum atomic E-state index is -0.743. The summed E-state index contributed by atoms with van der Waals surface area (Å²) in [7, 11) is 0. The van der Waals surface area contributed by atoms with E-state index in [-0.39, 0.29) is 11.6 Å². The van der Waals surface area contributed by atoms with Gasteiger partial charge in [-0.1, -0.05) is 48.5 Å². The van der Waals surface area contributed by atoms with Crippen LogP contribution in [0.4, 0.5) is 4.79 Å². The zero-order valence-corrected chi connectivity index (χ0v) is 19.4. The zero-order chi connectivity index (χ0) is 24.2. The summed E-state index contributed by atoms with van der Waals surface area (Å²) in [5, 5.41) is 0. The van der Waals surface area contributed by atoms with Gasteiger partial charge in [-0.2, -0.15) is 0 Å². The highest BCUT2D eigenvalue weighted by atomic mass is 16.6. The number of benzene rings is 2. The van der Waals surface area contributed by atoms with E-state index in [1.54, 1.807) is 57.2 Å². The predicted octanol–water partition coefficient (Wildman–Crippen LogP) is 4.68. The van der Waals surface area contributed by atoms with Crippen molar-refractivity contribution in [3.63, 3.8) is 0 Å². The lowest BCUT2D eigenvalue weighted by Crippen LogP contribution is -2.44. The Bertz CT molecular complexity index is 1030. The summed E-state index contributed by atoms with van der Waals surface area (Å²) >= 11 is 0. The second-order valence-electron chi connectivity index (χ2n) is 9.07. The number of ether oxygens (including phenoxy) is 2. The first-order valence-corrected chi connectivity index (χ1v) is 11.0. The third kappa shape index (κ3) is 6.28. The van der Waals surface area contributed by atoms with E-state index in [4.69, 9.17) is 9.47 Å². The van der Waals surface area contributed by atoms with Gasteiger partial charge in [-0.05, 0) is 51.7 Å². The molecule has 7 heteroatoms. The second-order valence-corrected chi connectivity index (χ2v) is 9.07. The molecule has 3 rings (SSSR count). The van der Waals surface area contributed by atoms with E-state index in [0.717, 1.165) is 11.1 Å². The number of Topliss-reactive ketones (excluding diaryl/α,β-unsaturated/α-hetero) is 2. The molecule has 1 heterocycles. The molecule has 0 aromatic heterocycles. The van der Waals surface area contributed by atoms with Gasteiger partial charge in [-0.3, -0.25) is 14.5 Å². The molecule has 1 saturated heterocycles. The van der Waals surface area contributed by atoms with E-state index in [2.05, 4.69) is 0 Å². The molecule has 1 atom stereocenters. The molecule has 7 nitrogen and oxygen atoms in total. The van der Waals surface area contributed by atoms with Crippen LogP contribution < -0.4 is 0 Å². The summed E-state index contributed by atoms with van der Waals surface area (Å²) < 4.78 is 10.6. The average molecular weight is 452 g/mol. The van der Waals surface area contributed by atoms with Gasteiger partial charge in [0.05, 0.1) is 0 Å². The molecule has 0 spiro atoms. The Kier molecular flexibility index (Phi) is 7.31. The van der Waals surface area contributed by atoms with Crippen molar-refractivity contribution in [3.8, 4) is 11.1 Å². The van der Waals surface area contributed by atoms with Crippen molar-refractivity contribution in [2.45, 2.75) is 52.2 Å². The Morgan fingerprint density at radius 1 is 0.909 bits per heavy atom. The van der Waals surface area contributed by atoms with Crippen molar-refractivity contribution in [2.75, 3.05) is 13.2 Å². The van der Waals surface area contributed by atoms with Crippen LogP contribution in [0.2, 0.25) is 0 Å². The Morgan fingerprint density at radius 2 is 1.45 bits per heavy atom. The van der Waals surface area contributed by atoms with Gasteiger partial charge >= 0.3 is 12.1 Å². The van der Waals surface area contributed by atoms with Gasteiger partial charge < -0.3 is 9.47 Å². The monoisotopic (exact) mass is 451 g/mol. The fraction of sp³-hybridized carbons (Fsp3) is 0.385. The summed E-state index contributed by atoms with van der Waals surface area (Å²) in [6.07, 6.45) is 0.589. The number of esters is 1. The molecule has 1 fully saturated rings. The molecule has 1 unspecified atom stereocenters. The van der Waals surface area contributed by atoms with Gasteiger partial charge in [0.15, 0.2) is 18.2 Å². The van der Waals surface area contributed by atoms with E-state index >= 15 is 0 Å². The molecule has 0 N–H and O–H groups in total. The smallest absolute Gasteiger partial charge is 0.411 e. The Hall–Kier alpha value is -3.48.